The molecule has 1 unspecified atom stereocenters. The fraction of sp³-hybridized carbons (Fsp3) is 0.538. The van der Waals surface area contributed by atoms with Crippen LogP contribution in [-0.4, -0.2) is 23.1 Å². The van der Waals surface area contributed by atoms with Gasteiger partial charge in [-0.3, -0.25) is 4.98 Å². The van der Waals surface area contributed by atoms with E-state index in [9.17, 15) is 0 Å². The van der Waals surface area contributed by atoms with Crippen LogP contribution in [0.1, 0.15) is 37.2 Å². The number of nitrogens with two attached hydrogens (primary N) is 1. The van der Waals surface area contributed by atoms with Gasteiger partial charge in [-0.15, -0.1) is 0 Å². The van der Waals surface area contributed by atoms with Crippen molar-refractivity contribution in [2.45, 2.75) is 40.2 Å². The molecule has 1 rings (SSSR count). The molecule has 0 amide bonds. The zero-order valence-corrected chi connectivity index (χ0v) is 12.1. The highest BCUT2D eigenvalue weighted by Gasteiger charge is 2.17. The van der Waals surface area contributed by atoms with Gasteiger partial charge < -0.3 is 10.6 Å². The molecule has 0 spiro atoms. The van der Waals surface area contributed by atoms with E-state index in [-0.39, 0.29) is 0 Å². The molecule has 0 aromatic carbocycles. The smallest absolute Gasteiger partial charge is 0.107 e. The van der Waals surface area contributed by atoms with Crippen molar-refractivity contribution in [2.24, 2.45) is 5.73 Å². The zero-order valence-electron chi connectivity index (χ0n) is 11.2. The van der Waals surface area contributed by atoms with Crippen molar-refractivity contribution in [2.75, 3.05) is 11.9 Å². The molecule has 1 aromatic heterocycles. The number of nitrogens with zero attached hydrogens (tertiary/aromatic N) is 2. The topological polar surface area (TPSA) is 42.2 Å². The van der Waals surface area contributed by atoms with Crippen LogP contribution in [0.4, 0.5) is 5.69 Å². The van der Waals surface area contributed by atoms with Gasteiger partial charge in [0.1, 0.15) is 4.99 Å². The third kappa shape index (κ3) is 2.94. The van der Waals surface area contributed by atoms with Crippen LogP contribution in [0.2, 0.25) is 0 Å². The minimum absolute atomic E-state index is 0.417. The molecule has 0 radical (unpaired) electrons. The number of anilines is 1. The maximum Gasteiger partial charge on any atom is 0.107 e. The summed E-state index contributed by atoms with van der Waals surface area (Å²) in [5.74, 6) is 0. The Morgan fingerprint density at radius 2 is 2.12 bits per heavy atom. The summed E-state index contributed by atoms with van der Waals surface area (Å²) >= 11 is 5.13. The highest BCUT2D eigenvalue weighted by atomic mass is 32.1. The normalized spacial score (nSPS) is 12.3. The molecule has 0 aliphatic heterocycles. The van der Waals surface area contributed by atoms with Crippen LogP contribution in [0.3, 0.4) is 0 Å². The molecule has 0 bridgehead atoms. The van der Waals surface area contributed by atoms with Crippen molar-refractivity contribution in [1.29, 1.82) is 0 Å². The van der Waals surface area contributed by atoms with Gasteiger partial charge in [0.25, 0.3) is 0 Å². The van der Waals surface area contributed by atoms with Crippen LogP contribution in [-0.2, 0) is 0 Å². The van der Waals surface area contributed by atoms with Crippen LogP contribution >= 0.6 is 12.2 Å². The molecular weight excluding hydrogens is 230 g/mol. The molecule has 0 saturated heterocycles. The quantitative estimate of drug-likeness (QED) is 0.835. The highest BCUT2D eigenvalue weighted by molar-refractivity contribution is 7.80. The first-order chi connectivity index (χ1) is 7.88. The largest absolute Gasteiger partial charge is 0.389 e. The number of rotatable bonds is 4. The first kappa shape index (κ1) is 13.9. The summed E-state index contributed by atoms with van der Waals surface area (Å²) in [5.41, 5.74) is 9.69. The third-order valence-corrected chi connectivity index (χ3v) is 3.39. The second-order valence-corrected chi connectivity index (χ2v) is 4.92. The predicted molar refractivity (Wildman–Crippen MR) is 77.8 cm³/mol. The summed E-state index contributed by atoms with van der Waals surface area (Å²) in [6.07, 6.45) is 1.08. The van der Waals surface area contributed by atoms with Gasteiger partial charge in [0.2, 0.25) is 0 Å². The molecule has 4 heteroatoms. The van der Waals surface area contributed by atoms with E-state index in [1.54, 1.807) is 0 Å². The van der Waals surface area contributed by atoms with Gasteiger partial charge in [-0.1, -0.05) is 19.1 Å². The first-order valence-corrected chi connectivity index (χ1v) is 6.30. The Morgan fingerprint density at radius 3 is 2.59 bits per heavy atom. The van der Waals surface area contributed by atoms with Gasteiger partial charge in [0.15, 0.2) is 0 Å². The lowest BCUT2D eigenvalue weighted by Crippen LogP contribution is -2.31. The molecule has 0 fully saturated rings. The molecule has 1 heterocycles. The van der Waals surface area contributed by atoms with Crippen molar-refractivity contribution in [3.05, 3.63) is 23.0 Å². The first-order valence-electron chi connectivity index (χ1n) is 5.89. The van der Waals surface area contributed by atoms with Crippen molar-refractivity contribution in [3.63, 3.8) is 0 Å². The van der Waals surface area contributed by atoms with Crippen molar-refractivity contribution in [1.82, 2.24) is 4.98 Å². The van der Waals surface area contributed by atoms with Gasteiger partial charge in [-0.05, 0) is 33.3 Å². The van der Waals surface area contributed by atoms with Gasteiger partial charge in [-0.25, -0.2) is 0 Å². The molecular formula is C13H21N3S. The number of thiocarbonyl (C=S) groups is 1. The lowest BCUT2D eigenvalue weighted by Gasteiger charge is -2.29. The number of pyridine rings is 1. The van der Waals surface area contributed by atoms with Gasteiger partial charge >= 0.3 is 0 Å². The summed E-state index contributed by atoms with van der Waals surface area (Å²) in [6, 6.07) is 2.50. The van der Waals surface area contributed by atoms with Crippen molar-refractivity contribution >= 4 is 22.9 Å². The van der Waals surface area contributed by atoms with E-state index in [0.717, 1.165) is 29.1 Å². The van der Waals surface area contributed by atoms with E-state index < -0.39 is 0 Å². The summed E-state index contributed by atoms with van der Waals surface area (Å²) in [6.45, 7) is 8.30. The minimum Gasteiger partial charge on any atom is -0.389 e. The highest BCUT2D eigenvalue weighted by Crippen LogP contribution is 2.25. The zero-order chi connectivity index (χ0) is 13.2. The Morgan fingerprint density at radius 1 is 1.53 bits per heavy atom. The average molecular weight is 251 g/mol. The molecule has 0 aliphatic rings. The van der Waals surface area contributed by atoms with E-state index >= 15 is 0 Å². The SMILES string of the molecule is CCC(C)N(C)c1cc(C)nc(C)c1C(N)=S. The third-order valence-electron chi connectivity index (χ3n) is 3.19. The lowest BCUT2D eigenvalue weighted by molar-refractivity contribution is 0.662. The summed E-state index contributed by atoms with van der Waals surface area (Å²) < 4.78 is 0. The van der Waals surface area contributed by atoms with Crippen molar-refractivity contribution < 1.29 is 0 Å². The van der Waals surface area contributed by atoms with Gasteiger partial charge in [0.05, 0.1) is 11.3 Å². The molecule has 2 N–H and O–H groups in total. The summed E-state index contributed by atoms with van der Waals surface area (Å²) in [4.78, 5) is 7.06. The Bertz CT molecular complexity index is 429. The van der Waals surface area contributed by atoms with E-state index in [1.165, 1.54) is 0 Å². The van der Waals surface area contributed by atoms with Crippen LogP contribution in [0.15, 0.2) is 6.07 Å². The van der Waals surface area contributed by atoms with Crippen molar-refractivity contribution in [3.8, 4) is 0 Å². The maximum atomic E-state index is 5.81. The van der Waals surface area contributed by atoms with Crippen LogP contribution in [0.25, 0.3) is 0 Å². The Labute approximate surface area is 109 Å². The fourth-order valence-corrected chi connectivity index (χ4v) is 2.15. The van der Waals surface area contributed by atoms with E-state index in [2.05, 4.69) is 30.8 Å². The molecule has 3 nitrogen and oxygen atoms in total. The predicted octanol–water partition coefficient (Wildman–Crippen LogP) is 2.57. The number of aromatic nitrogens is 1. The van der Waals surface area contributed by atoms with E-state index in [4.69, 9.17) is 18.0 Å². The maximum absolute atomic E-state index is 5.81. The molecule has 94 valence electrons. The Hall–Kier alpha value is -1.16. The van der Waals surface area contributed by atoms with E-state index in [0.29, 0.717) is 11.0 Å². The van der Waals surface area contributed by atoms with Gasteiger partial charge in [0, 0.05) is 24.5 Å². The summed E-state index contributed by atoms with van der Waals surface area (Å²) in [7, 11) is 2.07. The fourth-order valence-electron chi connectivity index (χ4n) is 1.90. The molecule has 1 atom stereocenters. The number of hydrogen-bond donors (Lipinski definition) is 1. The van der Waals surface area contributed by atoms with Crippen LogP contribution in [0, 0.1) is 13.8 Å². The molecule has 1 aromatic rings. The number of aryl methyl sites for hydroxylation is 2. The standard InChI is InChI=1S/C13H21N3S/c1-6-9(3)16(5)11-7-8(2)15-10(4)12(11)13(14)17/h7,9H,6H2,1-5H3,(H2,14,17). The monoisotopic (exact) mass is 251 g/mol. The van der Waals surface area contributed by atoms with E-state index in [1.807, 2.05) is 19.9 Å². The van der Waals surface area contributed by atoms with Gasteiger partial charge in [-0.2, -0.15) is 0 Å². The molecule has 17 heavy (non-hydrogen) atoms. The lowest BCUT2D eigenvalue weighted by atomic mass is 10.1. The second-order valence-electron chi connectivity index (χ2n) is 4.48. The molecule has 0 aliphatic carbocycles. The van der Waals surface area contributed by atoms with Crippen LogP contribution in [0.5, 0.6) is 0 Å². The summed E-state index contributed by atoms with van der Waals surface area (Å²) in [5, 5.41) is 0. The minimum atomic E-state index is 0.417. The van der Waals surface area contributed by atoms with Crippen LogP contribution < -0.4 is 10.6 Å². The Balaban J connectivity index is 3.35. The molecule has 0 saturated carbocycles. The second kappa shape index (κ2) is 5.45. The number of hydrogen-bond acceptors (Lipinski definition) is 3. The average Bonchev–Trinajstić information content (AvgIpc) is 2.25. The Kier molecular flexibility index (Phi) is 4.46.